The molecule has 132 valence electrons. The molecule has 0 aliphatic carbocycles. The maximum Gasteiger partial charge on any atom is 0.340 e. The van der Waals surface area contributed by atoms with E-state index in [1.807, 2.05) is 24.3 Å². The van der Waals surface area contributed by atoms with Gasteiger partial charge in [-0.05, 0) is 24.3 Å². The van der Waals surface area contributed by atoms with Crippen LogP contribution in [0.3, 0.4) is 0 Å². The third-order valence-electron chi connectivity index (χ3n) is 4.16. The molecule has 0 atom stereocenters. The number of hydrogen-bond donors (Lipinski definition) is 2. The van der Waals surface area contributed by atoms with Crippen molar-refractivity contribution in [2.75, 3.05) is 0 Å². The third-order valence-corrected chi connectivity index (χ3v) is 4.39. The number of aromatic nitrogens is 3. The lowest BCUT2D eigenvalue weighted by molar-refractivity contribution is -0.131. The van der Waals surface area contributed by atoms with Crippen molar-refractivity contribution in [2.24, 2.45) is 0 Å². The first-order valence-electron chi connectivity index (χ1n) is 8.04. The largest absolute Gasteiger partial charge is 0.457 e. The topological polar surface area (TPSA) is 91.1 Å². The predicted octanol–water partition coefficient (Wildman–Crippen LogP) is 2.63. The van der Waals surface area contributed by atoms with Crippen LogP contribution in [0.25, 0.3) is 0 Å². The molecule has 0 saturated heterocycles. The molecular weight excluding hydrogens is 356 g/mol. The molecular formula is C18H15ClN4O3. The van der Waals surface area contributed by atoms with Crippen LogP contribution < -0.4 is 10.4 Å². The zero-order chi connectivity index (χ0) is 18.1. The van der Waals surface area contributed by atoms with Crippen LogP contribution in [0, 0.1) is 0 Å². The number of hydrogen-bond acceptors (Lipinski definition) is 4. The Hall–Kier alpha value is -3.06. The molecule has 26 heavy (non-hydrogen) atoms. The Morgan fingerprint density at radius 2 is 1.92 bits per heavy atom. The van der Waals surface area contributed by atoms with E-state index in [0.717, 1.165) is 11.1 Å². The molecule has 0 fully saturated rings. The van der Waals surface area contributed by atoms with E-state index in [1.54, 1.807) is 23.1 Å². The zero-order valence-corrected chi connectivity index (χ0v) is 14.4. The van der Waals surface area contributed by atoms with E-state index in [4.69, 9.17) is 16.3 Å². The Bertz CT molecular complexity index is 1030. The highest BCUT2D eigenvalue weighted by atomic mass is 35.5. The van der Waals surface area contributed by atoms with Crippen LogP contribution in [0.4, 0.5) is 0 Å². The molecule has 4 rings (SSSR count). The lowest BCUT2D eigenvalue weighted by Crippen LogP contribution is -2.32. The molecule has 0 bridgehead atoms. The number of fused-ring (bicyclic) bond motifs is 2. The van der Waals surface area contributed by atoms with Crippen LogP contribution in [0.2, 0.25) is 5.02 Å². The molecule has 0 unspecified atom stereocenters. The van der Waals surface area contributed by atoms with Crippen molar-refractivity contribution in [1.82, 2.24) is 20.1 Å². The summed E-state index contributed by atoms with van der Waals surface area (Å²) in [5.74, 6) is 1.50. The number of carbonyl (C=O) groups is 1. The number of aromatic amines is 2. The molecule has 1 aliphatic rings. The number of carbonyl (C=O) groups excluding carboxylic acids is 1. The number of para-hydroxylation sites is 1. The molecule has 2 heterocycles. The first kappa shape index (κ1) is 16.4. The molecule has 2 aromatic carbocycles. The summed E-state index contributed by atoms with van der Waals surface area (Å²) in [5.41, 5.74) is 1.28. The SMILES string of the molecule is O=C(Cc1n[nH]c(=O)[nH]1)N1Cc2ccccc2Oc2ccc(Cl)cc2C1. The van der Waals surface area contributed by atoms with Gasteiger partial charge in [-0.25, -0.2) is 9.89 Å². The normalized spacial score (nSPS) is 13.2. The van der Waals surface area contributed by atoms with Crippen LogP contribution in [0.1, 0.15) is 17.0 Å². The summed E-state index contributed by atoms with van der Waals surface area (Å²) in [6.45, 7) is 0.729. The van der Waals surface area contributed by atoms with Crippen molar-refractivity contribution >= 4 is 17.5 Å². The molecule has 0 saturated carbocycles. The Labute approximate surface area is 153 Å². The van der Waals surface area contributed by atoms with Crippen molar-refractivity contribution in [2.45, 2.75) is 19.5 Å². The number of rotatable bonds is 2. The summed E-state index contributed by atoms with van der Waals surface area (Å²) < 4.78 is 6.03. The minimum atomic E-state index is -0.434. The maximum absolute atomic E-state index is 12.8. The van der Waals surface area contributed by atoms with Gasteiger partial charge in [0.15, 0.2) is 0 Å². The van der Waals surface area contributed by atoms with Gasteiger partial charge in [0.1, 0.15) is 17.3 Å². The van der Waals surface area contributed by atoms with E-state index in [0.29, 0.717) is 35.4 Å². The summed E-state index contributed by atoms with van der Waals surface area (Å²) in [7, 11) is 0. The van der Waals surface area contributed by atoms with Crippen LogP contribution in [0.15, 0.2) is 47.3 Å². The fourth-order valence-corrected chi connectivity index (χ4v) is 3.11. The molecule has 1 aromatic heterocycles. The van der Waals surface area contributed by atoms with E-state index < -0.39 is 5.69 Å². The highest BCUT2D eigenvalue weighted by Gasteiger charge is 2.23. The van der Waals surface area contributed by atoms with Crippen molar-refractivity contribution < 1.29 is 9.53 Å². The molecule has 7 nitrogen and oxygen atoms in total. The van der Waals surface area contributed by atoms with Gasteiger partial charge in [0, 0.05) is 29.2 Å². The van der Waals surface area contributed by atoms with E-state index in [-0.39, 0.29) is 12.3 Å². The first-order chi connectivity index (χ1) is 12.6. The van der Waals surface area contributed by atoms with Gasteiger partial charge in [-0.3, -0.25) is 9.78 Å². The van der Waals surface area contributed by atoms with Gasteiger partial charge < -0.3 is 9.64 Å². The van der Waals surface area contributed by atoms with Gasteiger partial charge in [-0.1, -0.05) is 29.8 Å². The van der Waals surface area contributed by atoms with Crippen molar-refractivity contribution in [1.29, 1.82) is 0 Å². The molecule has 1 amide bonds. The number of nitrogens with one attached hydrogen (secondary N) is 2. The number of nitrogens with zero attached hydrogens (tertiary/aromatic N) is 2. The van der Waals surface area contributed by atoms with Crippen molar-refractivity contribution in [3.8, 4) is 11.5 Å². The first-order valence-corrected chi connectivity index (χ1v) is 8.42. The average Bonchev–Trinajstić information content (AvgIpc) is 3.01. The quantitative estimate of drug-likeness (QED) is 0.725. The maximum atomic E-state index is 12.8. The molecule has 3 aromatic rings. The minimum Gasteiger partial charge on any atom is -0.457 e. The Morgan fingerprint density at radius 3 is 2.73 bits per heavy atom. The van der Waals surface area contributed by atoms with Crippen LogP contribution in [-0.2, 0) is 24.3 Å². The predicted molar refractivity (Wildman–Crippen MR) is 95.1 cm³/mol. The minimum absolute atomic E-state index is 0.00232. The fourth-order valence-electron chi connectivity index (χ4n) is 2.91. The van der Waals surface area contributed by atoms with E-state index in [2.05, 4.69) is 15.2 Å². The highest BCUT2D eigenvalue weighted by Crippen LogP contribution is 2.34. The zero-order valence-electron chi connectivity index (χ0n) is 13.7. The lowest BCUT2D eigenvalue weighted by atomic mass is 10.1. The number of halogens is 1. The van der Waals surface area contributed by atoms with Crippen LogP contribution in [-0.4, -0.2) is 26.0 Å². The molecule has 2 N–H and O–H groups in total. The Balaban J connectivity index is 1.70. The van der Waals surface area contributed by atoms with E-state index >= 15 is 0 Å². The standard InChI is InChI=1S/C18H15ClN4O3/c19-13-5-6-15-12(7-13)10-23(9-11-3-1-2-4-14(11)26-15)17(24)8-16-20-18(25)22-21-16/h1-7H,8-10H2,(H2,20,21,22,25). The summed E-state index contributed by atoms with van der Waals surface area (Å²) in [6.07, 6.45) is -0.00232. The smallest absolute Gasteiger partial charge is 0.340 e. The van der Waals surface area contributed by atoms with Gasteiger partial charge in [0.25, 0.3) is 0 Å². The lowest BCUT2D eigenvalue weighted by Gasteiger charge is -2.27. The van der Waals surface area contributed by atoms with Gasteiger partial charge in [0.2, 0.25) is 5.91 Å². The number of amides is 1. The summed E-state index contributed by atoms with van der Waals surface area (Å²) in [4.78, 5) is 28.2. The number of benzene rings is 2. The molecule has 0 radical (unpaired) electrons. The summed E-state index contributed by atoms with van der Waals surface area (Å²) in [6, 6.07) is 12.9. The van der Waals surface area contributed by atoms with Crippen molar-refractivity contribution in [3.63, 3.8) is 0 Å². The Kier molecular flexibility index (Phi) is 4.22. The van der Waals surface area contributed by atoms with E-state index in [9.17, 15) is 9.59 Å². The molecule has 8 heteroatoms. The van der Waals surface area contributed by atoms with Gasteiger partial charge >= 0.3 is 5.69 Å². The molecule has 1 aliphatic heterocycles. The third kappa shape index (κ3) is 3.34. The van der Waals surface area contributed by atoms with Crippen LogP contribution in [0.5, 0.6) is 11.5 Å². The second kappa shape index (κ2) is 6.68. The van der Waals surface area contributed by atoms with Gasteiger partial charge in [-0.15, -0.1) is 0 Å². The number of ether oxygens (including phenoxy) is 1. The molecule has 0 spiro atoms. The fraction of sp³-hybridized carbons (Fsp3) is 0.167. The second-order valence-electron chi connectivity index (χ2n) is 6.01. The summed E-state index contributed by atoms with van der Waals surface area (Å²) >= 11 is 6.12. The summed E-state index contributed by atoms with van der Waals surface area (Å²) in [5, 5.41) is 6.65. The highest BCUT2D eigenvalue weighted by molar-refractivity contribution is 6.30. The average molecular weight is 371 g/mol. The van der Waals surface area contributed by atoms with Gasteiger partial charge in [0.05, 0.1) is 6.42 Å². The second-order valence-corrected chi connectivity index (χ2v) is 6.45. The Morgan fingerprint density at radius 1 is 1.15 bits per heavy atom. The monoisotopic (exact) mass is 370 g/mol. The number of H-pyrrole nitrogens is 2. The van der Waals surface area contributed by atoms with Gasteiger partial charge in [-0.2, -0.15) is 5.10 Å². The van der Waals surface area contributed by atoms with Crippen LogP contribution >= 0.6 is 11.6 Å². The van der Waals surface area contributed by atoms with Crippen molar-refractivity contribution in [3.05, 3.63) is 74.9 Å². The van der Waals surface area contributed by atoms with E-state index in [1.165, 1.54) is 0 Å².